The zero-order valence-corrected chi connectivity index (χ0v) is 33.4. The van der Waals surface area contributed by atoms with Crippen molar-refractivity contribution in [2.45, 2.75) is 6.92 Å². The van der Waals surface area contributed by atoms with E-state index in [4.69, 9.17) is 38.5 Å². The number of para-hydroxylation sites is 2. The Labute approximate surface area is 360 Å². The number of hydrogen-bond donors (Lipinski definition) is 1. The Morgan fingerprint density at radius 2 is 1.03 bits per heavy atom. The first-order valence-corrected chi connectivity index (χ1v) is 20.2. The summed E-state index contributed by atoms with van der Waals surface area (Å²) in [6.07, 6.45) is 0. The molecule has 0 fully saturated rings. The monoisotopic (exact) mass is 793 g/mol. The van der Waals surface area contributed by atoms with E-state index in [0.717, 1.165) is 66.0 Å². The maximum Gasteiger partial charge on any atom is 0.238 e. The molecule has 0 unspecified atom stereocenters. The number of halogens is 1. The van der Waals surface area contributed by atoms with Crippen molar-refractivity contribution in [2.24, 2.45) is 0 Å². The van der Waals surface area contributed by atoms with Gasteiger partial charge in [-0.2, -0.15) is 9.97 Å². The van der Waals surface area contributed by atoms with Crippen LogP contribution in [-0.4, -0.2) is 52.7 Å². The summed E-state index contributed by atoms with van der Waals surface area (Å²) in [5, 5.41) is 16.0. The Hall–Kier alpha value is -7.71. The number of benzene rings is 8. The molecule has 0 aliphatic rings. The van der Waals surface area contributed by atoms with Crippen LogP contribution in [0.15, 0.2) is 164 Å². The molecule has 11 rings (SSSR count). The van der Waals surface area contributed by atoms with Crippen LogP contribution in [0.3, 0.4) is 0 Å². The fourth-order valence-corrected chi connectivity index (χ4v) is 8.92. The Morgan fingerprint density at radius 1 is 0.484 bits per heavy atom. The maximum atomic E-state index is 14.8. The Bertz CT molecular complexity index is 3580. The highest BCUT2D eigenvalue weighted by Gasteiger charge is 2.27. The molecular formula is C52H31B3FN5O. The van der Waals surface area contributed by atoms with Gasteiger partial charge in [0.2, 0.25) is 5.95 Å². The second-order valence-electron chi connectivity index (χ2n) is 15.4. The highest BCUT2D eigenvalue weighted by Crippen LogP contribution is 2.46. The van der Waals surface area contributed by atoms with Crippen molar-refractivity contribution < 1.29 is 9.50 Å². The molecule has 6 nitrogen and oxygen atoms in total. The molecule has 0 bridgehead atoms. The van der Waals surface area contributed by atoms with Crippen molar-refractivity contribution in [3.05, 3.63) is 175 Å². The standard InChI is InChI=1S/C52H31B3FN5O/c1-29-44(53)46(55)43(49(62)45(29)54)42-34(30-14-4-2-5-15-30)22-13-25-41(42)60-39-23-10-8-20-35(39)37-26-27-38-36-21-9-11-24-40(36)61(48(38)47(37)60)52-58-50(31-16-6-3-7-17-31)57-51(59-52)32-18-12-19-33(56)28-32/h2-28,62H,1H3. The molecule has 1 N–H and O–H groups in total. The smallest absolute Gasteiger partial charge is 0.238 e. The normalized spacial score (nSPS) is 11.6. The van der Waals surface area contributed by atoms with Crippen LogP contribution in [0.1, 0.15) is 5.56 Å². The van der Waals surface area contributed by atoms with E-state index in [9.17, 15) is 9.50 Å². The van der Waals surface area contributed by atoms with E-state index in [1.54, 1.807) is 19.1 Å². The van der Waals surface area contributed by atoms with Crippen LogP contribution >= 0.6 is 0 Å². The first-order chi connectivity index (χ1) is 30.3. The van der Waals surface area contributed by atoms with Gasteiger partial charge in [-0.1, -0.05) is 150 Å². The highest BCUT2D eigenvalue weighted by atomic mass is 19.1. The van der Waals surface area contributed by atoms with E-state index in [1.165, 1.54) is 12.1 Å². The van der Waals surface area contributed by atoms with Gasteiger partial charge in [0.15, 0.2) is 11.6 Å². The second-order valence-corrected chi connectivity index (χ2v) is 15.4. The average Bonchev–Trinajstić information content (AvgIpc) is 3.84. The van der Waals surface area contributed by atoms with Gasteiger partial charge in [0.05, 0.1) is 27.8 Å². The van der Waals surface area contributed by atoms with Gasteiger partial charge in [-0.15, -0.1) is 5.46 Å². The molecule has 0 atom stereocenters. The minimum absolute atomic E-state index is 0.151. The highest BCUT2D eigenvalue weighted by molar-refractivity contribution is 6.54. The predicted molar refractivity (Wildman–Crippen MR) is 253 cm³/mol. The predicted octanol–water partition coefficient (Wildman–Crippen LogP) is 9.27. The molecule has 11 aromatic rings. The Balaban J connectivity index is 1.34. The van der Waals surface area contributed by atoms with E-state index in [2.05, 4.69) is 45.5 Å². The molecule has 10 heteroatoms. The van der Waals surface area contributed by atoms with E-state index in [0.29, 0.717) is 45.3 Å². The number of hydrogen-bond acceptors (Lipinski definition) is 4. The lowest BCUT2D eigenvalue weighted by Crippen LogP contribution is -2.36. The molecule has 0 saturated carbocycles. The van der Waals surface area contributed by atoms with Gasteiger partial charge < -0.3 is 9.67 Å². The average molecular weight is 793 g/mol. The molecule has 0 aliphatic heterocycles. The second kappa shape index (κ2) is 14.5. The third-order valence-corrected chi connectivity index (χ3v) is 11.9. The number of aromatic nitrogens is 5. The number of aromatic hydroxyl groups is 1. The van der Waals surface area contributed by atoms with Crippen molar-refractivity contribution in [1.82, 2.24) is 24.1 Å². The van der Waals surface area contributed by atoms with E-state index < -0.39 is 5.82 Å². The van der Waals surface area contributed by atoms with Gasteiger partial charge in [-0.25, -0.2) is 9.37 Å². The molecule has 286 valence electrons. The summed E-state index contributed by atoms with van der Waals surface area (Å²) in [6.45, 7) is 1.75. The van der Waals surface area contributed by atoms with Crippen molar-refractivity contribution in [2.75, 3.05) is 0 Å². The third-order valence-electron chi connectivity index (χ3n) is 11.9. The van der Waals surface area contributed by atoms with E-state index in [1.807, 2.05) is 103 Å². The first-order valence-electron chi connectivity index (χ1n) is 20.2. The molecule has 0 aliphatic carbocycles. The molecule has 0 amide bonds. The maximum absolute atomic E-state index is 14.8. The number of rotatable bonds is 6. The van der Waals surface area contributed by atoms with Crippen molar-refractivity contribution >= 4 is 83.5 Å². The van der Waals surface area contributed by atoms with Crippen molar-refractivity contribution in [1.29, 1.82) is 0 Å². The fourth-order valence-electron chi connectivity index (χ4n) is 8.92. The number of phenolic OH excluding ortho intramolecular Hbond substituents is 1. The molecule has 3 aromatic heterocycles. The van der Waals surface area contributed by atoms with Gasteiger partial charge in [0.25, 0.3) is 0 Å². The summed E-state index contributed by atoms with van der Waals surface area (Å²) in [4.78, 5) is 15.2. The van der Waals surface area contributed by atoms with Gasteiger partial charge in [-0.3, -0.25) is 4.57 Å². The molecular weight excluding hydrogens is 762 g/mol. The zero-order chi connectivity index (χ0) is 42.2. The summed E-state index contributed by atoms with van der Waals surface area (Å²) >= 11 is 0. The summed E-state index contributed by atoms with van der Waals surface area (Å²) in [5.74, 6) is 0.568. The molecule has 0 spiro atoms. The molecule has 6 radical (unpaired) electrons. The Morgan fingerprint density at radius 3 is 1.69 bits per heavy atom. The van der Waals surface area contributed by atoms with Crippen LogP contribution in [0.4, 0.5) is 4.39 Å². The lowest BCUT2D eigenvalue weighted by molar-refractivity contribution is 0.482. The van der Waals surface area contributed by atoms with Crippen LogP contribution in [0.25, 0.3) is 100 Å². The van der Waals surface area contributed by atoms with Gasteiger partial charge in [0, 0.05) is 43.8 Å². The van der Waals surface area contributed by atoms with Crippen molar-refractivity contribution in [3.8, 4) is 62.4 Å². The van der Waals surface area contributed by atoms with Gasteiger partial charge in [-0.05, 0) is 48.4 Å². The molecule has 3 heterocycles. The van der Waals surface area contributed by atoms with Crippen LogP contribution in [-0.2, 0) is 0 Å². The minimum Gasteiger partial charge on any atom is -0.508 e. The quantitative estimate of drug-likeness (QED) is 0.171. The largest absolute Gasteiger partial charge is 0.508 e. The van der Waals surface area contributed by atoms with Crippen molar-refractivity contribution in [3.63, 3.8) is 0 Å². The minimum atomic E-state index is -0.397. The van der Waals surface area contributed by atoms with Crippen LogP contribution in [0.2, 0.25) is 0 Å². The zero-order valence-electron chi connectivity index (χ0n) is 33.4. The number of fused-ring (bicyclic) bond motifs is 7. The number of nitrogens with zero attached hydrogens (tertiary/aromatic N) is 5. The first kappa shape index (κ1) is 37.3. The number of phenols is 1. The third kappa shape index (κ3) is 5.71. The Kier molecular flexibility index (Phi) is 8.72. The molecule has 0 saturated heterocycles. The van der Waals surface area contributed by atoms with Crippen LogP contribution < -0.4 is 16.4 Å². The van der Waals surface area contributed by atoms with Gasteiger partial charge >= 0.3 is 0 Å². The summed E-state index contributed by atoms with van der Waals surface area (Å²) in [5.41, 5.74) is 9.37. The SMILES string of the molecule is [B]c1c([B])c(-c2c(-c3ccccc3)cccc2-n2c3ccccc3c3ccc4c5ccccc5n(-c5nc(-c6ccccc6)nc(-c6cccc(F)c6)n5)c4c32)c(O)c([B])c1C. The topological polar surface area (TPSA) is 68.8 Å². The molecule has 8 aromatic carbocycles. The molecule has 62 heavy (non-hydrogen) atoms. The summed E-state index contributed by atoms with van der Waals surface area (Å²) < 4.78 is 19.1. The summed E-state index contributed by atoms with van der Waals surface area (Å²) in [7, 11) is 20.2. The van der Waals surface area contributed by atoms with Gasteiger partial charge in [0.1, 0.15) is 35.1 Å². The lowest BCUT2D eigenvalue weighted by atomic mass is 9.68. The fraction of sp³-hybridized carbons (Fsp3) is 0.0192. The summed E-state index contributed by atoms with van der Waals surface area (Å²) in [6, 6.07) is 52.7. The van der Waals surface area contributed by atoms with Crippen LogP contribution in [0.5, 0.6) is 5.75 Å². The lowest BCUT2D eigenvalue weighted by Gasteiger charge is -2.24. The van der Waals surface area contributed by atoms with E-state index >= 15 is 0 Å². The van der Waals surface area contributed by atoms with E-state index in [-0.39, 0.29) is 16.7 Å². The van der Waals surface area contributed by atoms with Crippen LogP contribution in [0, 0.1) is 12.7 Å².